The first-order valence-electron chi connectivity index (χ1n) is 30.3. The first-order chi connectivity index (χ1) is 31.8. The van der Waals surface area contributed by atoms with E-state index in [1.807, 2.05) is 0 Å². The molecule has 12 rings (SSSR count). The van der Waals surface area contributed by atoms with Gasteiger partial charge in [-0.05, 0) is 165 Å². The number of fused-ring (bicyclic) bond motifs is 6. The summed E-state index contributed by atoms with van der Waals surface area (Å²) >= 11 is 0. The third-order valence-electron chi connectivity index (χ3n) is 22.9. The van der Waals surface area contributed by atoms with Crippen molar-refractivity contribution in [2.45, 2.75) is 329 Å². The van der Waals surface area contributed by atoms with E-state index in [1.54, 1.807) is 12.8 Å². The van der Waals surface area contributed by atoms with Gasteiger partial charge < -0.3 is 10.6 Å². The highest BCUT2D eigenvalue weighted by atomic mass is 15.3. The highest BCUT2D eigenvalue weighted by Gasteiger charge is 2.57. The fourth-order valence-corrected chi connectivity index (χ4v) is 20.4. The summed E-state index contributed by atoms with van der Waals surface area (Å²) < 4.78 is 0. The van der Waals surface area contributed by atoms with Crippen LogP contribution in [0.1, 0.15) is 244 Å². The zero-order valence-electron chi connectivity index (χ0n) is 41.5. The first kappa shape index (κ1) is 44.9. The maximum Gasteiger partial charge on any atom is 0.0227 e. The van der Waals surface area contributed by atoms with Crippen molar-refractivity contribution in [1.29, 1.82) is 0 Å². The van der Waals surface area contributed by atoms with Gasteiger partial charge in [-0.1, -0.05) is 103 Å². The van der Waals surface area contributed by atoms with Gasteiger partial charge in [-0.25, -0.2) is 0 Å². The molecule has 2 N–H and O–H groups in total. The van der Waals surface area contributed by atoms with Crippen molar-refractivity contribution in [2.75, 3.05) is 13.1 Å². The Bertz CT molecular complexity index is 1300. The van der Waals surface area contributed by atoms with Gasteiger partial charge in [-0.3, -0.25) is 19.6 Å². The maximum atomic E-state index is 4.33. The van der Waals surface area contributed by atoms with Crippen molar-refractivity contribution < 1.29 is 0 Å². The van der Waals surface area contributed by atoms with E-state index in [9.17, 15) is 0 Å². The minimum atomic E-state index is 0.683. The first-order valence-corrected chi connectivity index (χ1v) is 30.3. The zero-order valence-corrected chi connectivity index (χ0v) is 41.5. The van der Waals surface area contributed by atoms with Crippen LogP contribution in [0.4, 0.5) is 0 Å². The molecule has 0 aromatic heterocycles. The van der Waals surface area contributed by atoms with Gasteiger partial charge in [-0.2, -0.15) is 0 Å². The predicted octanol–water partition coefficient (Wildman–Crippen LogP) is 12.0. The summed E-state index contributed by atoms with van der Waals surface area (Å²) in [6, 6.07) is 11.9. The number of nitrogens with one attached hydrogen (secondary N) is 2. The van der Waals surface area contributed by atoms with Crippen LogP contribution >= 0.6 is 0 Å². The van der Waals surface area contributed by atoms with Gasteiger partial charge in [0.1, 0.15) is 0 Å². The van der Waals surface area contributed by atoms with E-state index in [1.165, 1.54) is 244 Å². The average molecular weight is 881 g/mol. The molecule has 12 aliphatic rings. The van der Waals surface area contributed by atoms with Gasteiger partial charge in [0, 0.05) is 97.7 Å². The third kappa shape index (κ3) is 8.93. The number of piperidine rings is 2. The van der Waals surface area contributed by atoms with E-state index in [0.29, 0.717) is 12.1 Å². The van der Waals surface area contributed by atoms with Gasteiger partial charge in [-0.15, -0.1) is 0 Å². The lowest BCUT2D eigenvalue weighted by molar-refractivity contribution is -0.00791. The van der Waals surface area contributed by atoms with Gasteiger partial charge >= 0.3 is 0 Å². The summed E-state index contributed by atoms with van der Waals surface area (Å²) in [5, 5.41) is 8.67. The van der Waals surface area contributed by atoms with Crippen LogP contribution in [0.15, 0.2) is 0 Å². The molecule has 0 aromatic rings. The summed E-state index contributed by atoms with van der Waals surface area (Å²) in [5.41, 5.74) is 0. The fourth-order valence-electron chi connectivity index (χ4n) is 20.4. The van der Waals surface area contributed by atoms with Crippen molar-refractivity contribution in [2.24, 2.45) is 23.7 Å². The minimum Gasteiger partial charge on any atom is -0.311 e. The van der Waals surface area contributed by atoms with Crippen molar-refractivity contribution >= 4 is 0 Å². The molecule has 0 aromatic carbocycles. The molecule has 6 nitrogen and oxygen atoms in total. The highest BCUT2D eigenvalue weighted by Crippen LogP contribution is 2.54. The number of hydrogen-bond donors (Lipinski definition) is 2. The van der Waals surface area contributed by atoms with Crippen LogP contribution in [-0.2, 0) is 0 Å². The smallest absolute Gasteiger partial charge is 0.0227 e. The Morgan fingerprint density at radius 3 is 0.938 bits per heavy atom. The molecule has 14 unspecified atom stereocenters. The lowest BCUT2D eigenvalue weighted by atomic mass is 9.71. The predicted molar refractivity (Wildman–Crippen MR) is 266 cm³/mol. The topological polar surface area (TPSA) is 37.0 Å². The molecular formula is C58H100N6. The third-order valence-corrected chi connectivity index (χ3v) is 22.9. The van der Waals surface area contributed by atoms with Crippen molar-refractivity contribution in [3.05, 3.63) is 0 Å². The highest BCUT2D eigenvalue weighted by molar-refractivity contribution is 5.11. The minimum absolute atomic E-state index is 0.683. The molecular weight excluding hydrogens is 781 g/mol. The van der Waals surface area contributed by atoms with Crippen molar-refractivity contribution in [3.8, 4) is 0 Å². The molecule has 4 aliphatic heterocycles. The number of nitrogens with zero attached hydrogens (tertiary/aromatic N) is 4. The second kappa shape index (κ2) is 20.6. The molecule has 8 saturated carbocycles. The van der Waals surface area contributed by atoms with Gasteiger partial charge in [0.15, 0.2) is 0 Å². The Balaban J connectivity index is 0.669. The van der Waals surface area contributed by atoms with Gasteiger partial charge in [0.05, 0.1) is 0 Å². The van der Waals surface area contributed by atoms with Crippen LogP contribution in [-0.4, -0.2) is 117 Å². The van der Waals surface area contributed by atoms with Crippen LogP contribution in [0, 0.1) is 23.7 Å². The fraction of sp³-hybridized carbons (Fsp3) is 1.00. The summed E-state index contributed by atoms with van der Waals surface area (Å²) in [4.78, 5) is 13.1. The van der Waals surface area contributed by atoms with Gasteiger partial charge in [0.25, 0.3) is 0 Å². The van der Waals surface area contributed by atoms with E-state index in [2.05, 4.69) is 30.2 Å². The Kier molecular flexibility index (Phi) is 14.5. The van der Waals surface area contributed by atoms with E-state index in [4.69, 9.17) is 0 Å². The molecule has 4 saturated heterocycles. The van der Waals surface area contributed by atoms with Crippen LogP contribution in [0.25, 0.3) is 0 Å². The Labute approximate surface area is 394 Å². The molecule has 362 valence electrons. The van der Waals surface area contributed by atoms with E-state index in [0.717, 1.165) is 96.2 Å². The SMILES string of the molecule is C1CCC(N(C2CCCCC2)C2CCC3C(C2)C2CCCCC2N3C2CCC(C3CCC(N4C5CCCCC5C5CC(N(C6CCCCC6)C6CCCCC6)CCC54)CN3)NC2)CC1. The largest absolute Gasteiger partial charge is 0.311 e. The molecule has 4 heterocycles. The molecule has 8 aliphatic carbocycles. The van der Waals surface area contributed by atoms with Crippen LogP contribution in [0.2, 0.25) is 0 Å². The van der Waals surface area contributed by atoms with E-state index >= 15 is 0 Å². The van der Waals surface area contributed by atoms with Crippen molar-refractivity contribution in [1.82, 2.24) is 30.2 Å². The second-order valence-electron chi connectivity index (χ2n) is 25.9. The lowest BCUT2D eigenvalue weighted by Crippen LogP contribution is -2.62. The van der Waals surface area contributed by atoms with Crippen LogP contribution in [0.5, 0.6) is 0 Å². The van der Waals surface area contributed by atoms with E-state index in [-0.39, 0.29) is 0 Å². The Hall–Kier alpha value is -0.240. The zero-order chi connectivity index (χ0) is 42.4. The molecule has 0 radical (unpaired) electrons. The normalized spacial score (nSPS) is 45.3. The molecule has 0 bridgehead atoms. The average Bonchev–Trinajstić information content (AvgIpc) is 3.88. The second-order valence-corrected chi connectivity index (χ2v) is 25.9. The monoisotopic (exact) mass is 881 g/mol. The Morgan fingerprint density at radius 1 is 0.266 bits per heavy atom. The molecule has 6 heteroatoms. The van der Waals surface area contributed by atoms with Crippen molar-refractivity contribution in [3.63, 3.8) is 0 Å². The molecule has 0 amide bonds. The van der Waals surface area contributed by atoms with Gasteiger partial charge in [0.2, 0.25) is 0 Å². The number of likely N-dealkylation sites (tertiary alicyclic amines) is 2. The number of hydrogen-bond acceptors (Lipinski definition) is 6. The number of rotatable bonds is 9. The molecule has 64 heavy (non-hydrogen) atoms. The summed E-state index contributed by atoms with van der Waals surface area (Å²) in [6.45, 7) is 2.52. The summed E-state index contributed by atoms with van der Waals surface area (Å²) in [7, 11) is 0. The Morgan fingerprint density at radius 2 is 0.594 bits per heavy atom. The summed E-state index contributed by atoms with van der Waals surface area (Å²) in [6.07, 6.45) is 56.9. The quantitative estimate of drug-likeness (QED) is 0.240. The molecule has 14 atom stereocenters. The molecule has 12 fully saturated rings. The lowest BCUT2D eigenvalue weighted by Gasteiger charge is -2.51. The maximum absolute atomic E-state index is 4.33. The summed E-state index contributed by atoms with van der Waals surface area (Å²) in [5.74, 6) is 3.94. The molecule has 0 spiro atoms. The van der Waals surface area contributed by atoms with Crippen LogP contribution < -0.4 is 10.6 Å². The van der Waals surface area contributed by atoms with Crippen LogP contribution in [0.3, 0.4) is 0 Å². The van der Waals surface area contributed by atoms with E-state index < -0.39 is 0 Å². The standard InChI is InChI=1S/C58H100N6/c1-5-17-41(18-6-1)61(42-19-7-2-8-20-42)45-31-35-57-51(37-45)49-25-13-15-27-55(49)63(57)47-29-33-53(59-39-47)54-34-30-48(40-60-54)64-56-28-16-14-26-50(56)52-38-46(32-36-58(52)64)62(43-21-9-3-10-22-43)44-23-11-4-12-24-44/h41-60H,1-40H2.